The van der Waals surface area contributed by atoms with E-state index in [0.29, 0.717) is 0 Å². The highest BCUT2D eigenvalue weighted by atomic mass is 15.2. The van der Waals surface area contributed by atoms with Crippen molar-refractivity contribution in [1.82, 2.24) is 4.90 Å². The molecule has 112 valence electrons. The molecule has 0 atom stereocenters. The first-order valence-corrected chi connectivity index (χ1v) is 7.28. The summed E-state index contributed by atoms with van der Waals surface area (Å²) < 4.78 is 0. The summed E-state index contributed by atoms with van der Waals surface area (Å²) >= 11 is 0. The third kappa shape index (κ3) is 5.24. The maximum absolute atomic E-state index is 4.15. The molecule has 1 nitrogen and oxygen atoms in total. The van der Waals surface area contributed by atoms with Crippen molar-refractivity contribution in [2.45, 2.75) is 60.4 Å². The first-order valence-electron chi connectivity index (χ1n) is 7.28. The van der Waals surface area contributed by atoms with E-state index in [4.69, 9.17) is 0 Å². The van der Waals surface area contributed by atoms with Crippen LogP contribution in [0.15, 0.2) is 60.0 Å². The van der Waals surface area contributed by atoms with Crippen LogP contribution >= 0.6 is 0 Å². The molecule has 0 unspecified atom stereocenters. The lowest BCUT2D eigenvalue weighted by Crippen LogP contribution is -2.42. The lowest BCUT2D eigenvalue weighted by molar-refractivity contribution is 0.265. The number of nitrogens with zero attached hydrogens (tertiary/aromatic N) is 1. The molecule has 20 heavy (non-hydrogen) atoms. The molecule has 0 aromatic rings. The van der Waals surface area contributed by atoms with Gasteiger partial charge in [-0.25, -0.2) is 0 Å². The molecule has 0 heterocycles. The Kier molecular flexibility index (Phi) is 7.34. The summed E-state index contributed by atoms with van der Waals surface area (Å²) in [4.78, 5) is 2.25. The van der Waals surface area contributed by atoms with Crippen molar-refractivity contribution in [3.05, 3.63) is 60.0 Å². The van der Waals surface area contributed by atoms with Gasteiger partial charge in [0.2, 0.25) is 0 Å². The predicted octanol–water partition coefficient (Wildman–Crippen LogP) is 5.99. The van der Waals surface area contributed by atoms with E-state index in [2.05, 4.69) is 83.9 Å². The third-order valence-corrected chi connectivity index (χ3v) is 3.36. The molecule has 0 aromatic carbocycles. The molecule has 0 aliphatic heterocycles. The molecule has 0 fully saturated rings. The summed E-state index contributed by atoms with van der Waals surface area (Å²) in [7, 11) is 0. The van der Waals surface area contributed by atoms with E-state index in [1.807, 2.05) is 6.92 Å². The minimum atomic E-state index is -0.161. The molecule has 0 aliphatic rings. The van der Waals surface area contributed by atoms with E-state index in [9.17, 15) is 0 Å². The zero-order valence-electron chi connectivity index (χ0n) is 14.4. The van der Waals surface area contributed by atoms with E-state index in [0.717, 1.165) is 23.4 Å². The Morgan fingerprint density at radius 3 is 1.95 bits per heavy atom. The van der Waals surface area contributed by atoms with Gasteiger partial charge in [-0.15, -0.1) is 0 Å². The van der Waals surface area contributed by atoms with Crippen LogP contribution in [0.5, 0.6) is 0 Å². The summed E-state index contributed by atoms with van der Waals surface area (Å²) in [6, 6.07) is 0. The largest absolute Gasteiger partial charge is 0.337 e. The molecule has 0 bridgehead atoms. The van der Waals surface area contributed by atoms with E-state index >= 15 is 0 Å². The van der Waals surface area contributed by atoms with Crippen molar-refractivity contribution in [3.8, 4) is 0 Å². The summed E-state index contributed by atoms with van der Waals surface area (Å²) in [6.07, 6.45) is 9.65. The molecular weight excluding hydrogens is 242 g/mol. The Bertz CT molecular complexity index is 440. The third-order valence-electron chi connectivity index (χ3n) is 3.36. The number of hydrogen-bond acceptors (Lipinski definition) is 1. The average molecular weight is 273 g/mol. The second-order valence-corrected chi connectivity index (χ2v) is 6.06. The standard InChI is InChI=1S/C19H31N/c1-10-11-12-18(14-13-15(2)3)20(17(6)7)19(8,9)16(4)5/h11-14H,4,6,10H2,1-3,5,7-9H3/b12-11-,18-14+. The lowest BCUT2D eigenvalue weighted by atomic mass is 9.92. The van der Waals surface area contributed by atoms with Gasteiger partial charge < -0.3 is 4.90 Å². The molecule has 0 rings (SSSR count). The van der Waals surface area contributed by atoms with Gasteiger partial charge in [-0.05, 0) is 60.1 Å². The number of hydrogen-bond donors (Lipinski definition) is 0. The second kappa shape index (κ2) is 7.94. The first-order chi connectivity index (χ1) is 9.14. The van der Waals surface area contributed by atoms with Crippen molar-refractivity contribution < 1.29 is 0 Å². The Balaban J connectivity index is 5.86. The molecule has 0 radical (unpaired) electrons. The van der Waals surface area contributed by atoms with Crippen LogP contribution in [0.3, 0.4) is 0 Å². The van der Waals surface area contributed by atoms with Gasteiger partial charge in [-0.2, -0.15) is 0 Å². The highest BCUT2D eigenvalue weighted by molar-refractivity contribution is 5.32. The molecule has 0 N–H and O–H groups in total. The number of rotatable bonds is 7. The Morgan fingerprint density at radius 1 is 1.05 bits per heavy atom. The van der Waals surface area contributed by atoms with Crippen LogP contribution in [0.2, 0.25) is 0 Å². The van der Waals surface area contributed by atoms with Crippen molar-refractivity contribution in [3.63, 3.8) is 0 Å². The molecule has 0 saturated heterocycles. The van der Waals surface area contributed by atoms with Gasteiger partial charge in [-0.1, -0.05) is 43.4 Å². The highest BCUT2D eigenvalue weighted by Crippen LogP contribution is 2.31. The molecule has 0 spiro atoms. The normalized spacial score (nSPS) is 12.4. The van der Waals surface area contributed by atoms with Crippen LogP contribution in [-0.4, -0.2) is 10.4 Å². The van der Waals surface area contributed by atoms with Gasteiger partial charge in [0, 0.05) is 11.4 Å². The van der Waals surface area contributed by atoms with E-state index < -0.39 is 0 Å². The van der Waals surface area contributed by atoms with Gasteiger partial charge in [0.1, 0.15) is 0 Å². The second-order valence-electron chi connectivity index (χ2n) is 6.06. The lowest BCUT2D eigenvalue weighted by Gasteiger charge is -2.42. The molecule has 0 amide bonds. The maximum Gasteiger partial charge on any atom is 0.0597 e. The maximum atomic E-state index is 4.15. The zero-order valence-corrected chi connectivity index (χ0v) is 14.4. The SMILES string of the molecule is C=C(C)N(C(/C=C\CC)=C/C=C(C)C)C(C)(C)C(=C)C. The monoisotopic (exact) mass is 273 g/mol. The highest BCUT2D eigenvalue weighted by Gasteiger charge is 2.28. The predicted molar refractivity (Wildman–Crippen MR) is 92.5 cm³/mol. The topological polar surface area (TPSA) is 3.24 Å². The molecule has 1 heteroatoms. The van der Waals surface area contributed by atoms with Crippen LogP contribution in [0.25, 0.3) is 0 Å². The van der Waals surface area contributed by atoms with Crippen LogP contribution in [-0.2, 0) is 0 Å². The van der Waals surface area contributed by atoms with Crippen molar-refractivity contribution in [1.29, 1.82) is 0 Å². The Morgan fingerprint density at radius 2 is 1.60 bits per heavy atom. The summed E-state index contributed by atoms with van der Waals surface area (Å²) in [5.74, 6) is 0. The average Bonchev–Trinajstić information content (AvgIpc) is 2.31. The zero-order chi connectivity index (χ0) is 15.9. The van der Waals surface area contributed by atoms with Gasteiger partial charge in [0.25, 0.3) is 0 Å². The van der Waals surface area contributed by atoms with Crippen LogP contribution in [0.4, 0.5) is 0 Å². The Labute approximate surface area is 126 Å². The summed E-state index contributed by atoms with van der Waals surface area (Å²) in [5.41, 5.74) is 4.40. The van der Waals surface area contributed by atoms with Crippen LogP contribution in [0, 0.1) is 0 Å². The van der Waals surface area contributed by atoms with Crippen molar-refractivity contribution in [2.24, 2.45) is 0 Å². The smallest absolute Gasteiger partial charge is 0.0597 e. The van der Waals surface area contributed by atoms with E-state index in [-0.39, 0.29) is 5.54 Å². The van der Waals surface area contributed by atoms with E-state index in [1.165, 1.54) is 5.57 Å². The van der Waals surface area contributed by atoms with Gasteiger partial charge >= 0.3 is 0 Å². The first kappa shape index (κ1) is 18.5. The molecule has 0 aliphatic carbocycles. The summed E-state index contributed by atoms with van der Waals surface area (Å²) in [5, 5.41) is 0. The van der Waals surface area contributed by atoms with Gasteiger partial charge in [0.05, 0.1) is 5.54 Å². The van der Waals surface area contributed by atoms with Crippen molar-refractivity contribution >= 4 is 0 Å². The van der Waals surface area contributed by atoms with Crippen LogP contribution in [0.1, 0.15) is 54.9 Å². The quantitative estimate of drug-likeness (QED) is 0.406. The fourth-order valence-corrected chi connectivity index (χ4v) is 1.91. The fourth-order valence-electron chi connectivity index (χ4n) is 1.91. The minimum absolute atomic E-state index is 0.161. The summed E-state index contributed by atoms with van der Waals surface area (Å²) in [6.45, 7) is 23.1. The van der Waals surface area contributed by atoms with Gasteiger partial charge in [0.15, 0.2) is 0 Å². The number of allylic oxidation sites excluding steroid dienone is 6. The van der Waals surface area contributed by atoms with Crippen LogP contribution < -0.4 is 0 Å². The molecule has 0 saturated carbocycles. The minimum Gasteiger partial charge on any atom is -0.337 e. The molecule has 0 aromatic heterocycles. The van der Waals surface area contributed by atoms with Crippen molar-refractivity contribution in [2.75, 3.05) is 0 Å². The Hall–Kier alpha value is -1.50. The fraction of sp³-hybridized carbons (Fsp3) is 0.474. The van der Waals surface area contributed by atoms with Gasteiger partial charge in [-0.3, -0.25) is 0 Å². The van der Waals surface area contributed by atoms with E-state index in [1.54, 1.807) is 0 Å². The molecular formula is C19H31N.